The maximum absolute atomic E-state index is 11.7. The topological polar surface area (TPSA) is 78.4 Å². The maximum atomic E-state index is 11.7. The number of nitrogens with one attached hydrogen (secondary N) is 2. The van der Waals surface area contributed by atoms with Crippen LogP contribution in [0.15, 0.2) is 24.3 Å². The van der Waals surface area contributed by atoms with Crippen molar-refractivity contribution in [1.82, 2.24) is 5.32 Å². The molecule has 2 aliphatic rings. The predicted molar refractivity (Wildman–Crippen MR) is 78.8 cm³/mol. The van der Waals surface area contributed by atoms with Gasteiger partial charge in [-0.25, -0.2) is 0 Å². The van der Waals surface area contributed by atoms with E-state index in [0.717, 1.165) is 18.5 Å². The highest BCUT2D eigenvalue weighted by Gasteiger charge is 2.30. The number of piperidine rings is 1. The third kappa shape index (κ3) is 3.08. The lowest BCUT2D eigenvalue weighted by Gasteiger charge is -2.34. The van der Waals surface area contributed by atoms with E-state index in [4.69, 9.17) is 5.11 Å². The van der Waals surface area contributed by atoms with Crippen molar-refractivity contribution in [2.45, 2.75) is 37.6 Å². The minimum absolute atomic E-state index is 0.197. The van der Waals surface area contributed by atoms with Crippen LogP contribution in [0.1, 0.15) is 37.2 Å². The highest BCUT2D eigenvalue weighted by Crippen LogP contribution is 2.41. The van der Waals surface area contributed by atoms with Gasteiger partial charge in [-0.2, -0.15) is 0 Å². The van der Waals surface area contributed by atoms with Gasteiger partial charge in [0.05, 0.1) is 0 Å². The van der Waals surface area contributed by atoms with E-state index in [1.807, 2.05) is 12.1 Å². The summed E-state index contributed by atoms with van der Waals surface area (Å²) < 4.78 is 0. The van der Waals surface area contributed by atoms with Gasteiger partial charge in [-0.05, 0) is 48.8 Å². The van der Waals surface area contributed by atoms with E-state index in [-0.39, 0.29) is 24.5 Å². The van der Waals surface area contributed by atoms with Gasteiger partial charge in [0.2, 0.25) is 11.8 Å². The van der Waals surface area contributed by atoms with Gasteiger partial charge in [0, 0.05) is 18.7 Å². The maximum Gasteiger partial charge on any atom is 0.249 e. The van der Waals surface area contributed by atoms with Gasteiger partial charge in [-0.1, -0.05) is 12.1 Å². The van der Waals surface area contributed by atoms with Crippen molar-refractivity contribution < 1.29 is 14.7 Å². The van der Waals surface area contributed by atoms with Gasteiger partial charge >= 0.3 is 0 Å². The van der Waals surface area contributed by atoms with Crippen LogP contribution in [-0.2, 0) is 9.59 Å². The van der Waals surface area contributed by atoms with Crippen LogP contribution in [-0.4, -0.2) is 29.6 Å². The molecule has 1 aliphatic carbocycles. The van der Waals surface area contributed by atoms with Crippen molar-refractivity contribution in [2.24, 2.45) is 5.92 Å². The number of amides is 2. The molecule has 3 N–H and O–H groups in total. The molecule has 0 spiro atoms. The van der Waals surface area contributed by atoms with Crippen molar-refractivity contribution in [3.05, 3.63) is 29.8 Å². The van der Waals surface area contributed by atoms with Crippen LogP contribution in [0.4, 0.5) is 5.69 Å². The molecular weight excluding hydrogens is 268 g/mol. The molecule has 1 saturated carbocycles. The summed E-state index contributed by atoms with van der Waals surface area (Å²) in [5, 5.41) is 14.6. The average molecular weight is 288 g/mol. The van der Waals surface area contributed by atoms with Gasteiger partial charge in [0.15, 0.2) is 0 Å². The van der Waals surface area contributed by atoms with Gasteiger partial charge in [0.1, 0.15) is 6.04 Å². The highest BCUT2D eigenvalue weighted by atomic mass is 16.3. The molecule has 2 fully saturated rings. The second-order valence-electron chi connectivity index (χ2n) is 5.99. The largest absolute Gasteiger partial charge is 0.396 e. The van der Waals surface area contributed by atoms with Gasteiger partial charge < -0.3 is 10.4 Å². The van der Waals surface area contributed by atoms with Crippen LogP contribution in [0.5, 0.6) is 0 Å². The minimum Gasteiger partial charge on any atom is -0.396 e. The molecule has 1 aromatic carbocycles. The number of hydrogen-bond donors (Lipinski definition) is 3. The molecule has 112 valence electrons. The fourth-order valence-corrected chi connectivity index (χ4v) is 3.04. The zero-order valence-electron chi connectivity index (χ0n) is 11.8. The van der Waals surface area contributed by atoms with E-state index >= 15 is 0 Å². The minimum atomic E-state index is -0.337. The van der Waals surface area contributed by atoms with E-state index in [1.165, 1.54) is 5.56 Å². The monoisotopic (exact) mass is 288 g/mol. The van der Waals surface area contributed by atoms with Gasteiger partial charge in [-0.15, -0.1) is 0 Å². The number of carbonyl (C=O) groups excluding carboxylic acids is 2. The molecule has 5 heteroatoms. The molecule has 2 amide bonds. The number of anilines is 1. The summed E-state index contributed by atoms with van der Waals surface area (Å²) in [6.07, 6.45) is 3.02. The first-order chi connectivity index (χ1) is 10.2. The SMILES string of the molecule is O=C1CCC(Nc2ccc(C3CC(CO)C3)cc2)C(=O)N1. The standard InChI is InChI=1S/C16H20N2O3/c19-9-10-7-12(8-10)11-1-3-13(4-2-11)17-14-5-6-15(20)18-16(14)21/h1-4,10,12,14,17,19H,5-9H2,(H,18,20,21). The molecule has 1 heterocycles. The second-order valence-corrected chi connectivity index (χ2v) is 5.99. The first kappa shape index (κ1) is 14.1. The lowest BCUT2D eigenvalue weighted by atomic mass is 9.72. The Bertz CT molecular complexity index is 535. The van der Waals surface area contributed by atoms with Crippen molar-refractivity contribution in [3.63, 3.8) is 0 Å². The number of hydrogen-bond acceptors (Lipinski definition) is 4. The lowest BCUT2D eigenvalue weighted by Crippen LogP contribution is -2.47. The van der Waals surface area contributed by atoms with E-state index < -0.39 is 0 Å². The van der Waals surface area contributed by atoms with Crippen molar-refractivity contribution in [3.8, 4) is 0 Å². The molecule has 3 rings (SSSR count). The fourth-order valence-electron chi connectivity index (χ4n) is 3.04. The Kier molecular flexibility index (Phi) is 3.92. The summed E-state index contributed by atoms with van der Waals surface area (Å²) in [5.74, 6) is 0.556. The number of rotatable bonds is 4. The summed E-state index contributed by atoms with van der Waals surface area (Å²) in [4.78, 5) is 22.8. The summed E-state index contributed by atoms with van der Waals surface area (Å²) in [6.45, 7) is 0.283. The molecule has 1 unspecified atom stereocenters. The van der Waals surface area contributed by atoms with E-state index in [2.05, 4.69) is 22.8 Å². The van der Waals surface area contributed by atoms with Crippen molar-refractivity contribution in [2.75, 3.05) is 11.9 Å². The van der Waals surface area contributed by atoms with E-state index in [9.17, 15) is 9.59 Å². The zero-order chi connectivity index (χ0) is 14.8. The lowest BCUT2D eigenvalue weighted by molar-refractivity contribution is -0.133. The molecule has 1 aliphatic heterocycles. The first-order valence-electron chi connectivity index (χ1n) is 7.46. The third-order valence-electron chi connectivity index (χ3n) is 4.46. The van der Waals surface area contributed by atoms with Gasteiger partial charge in [0.25, 0.3) is 0 Å². The van der Waals surface area contributed by atoms with Crippen LogP contribution < -0.4 is 10.6 Å². The Morgan fingerprint density at radius 2 is 1.90 bits per heavy atom. The van der Waals surface area contributed by atoms with E-state index in [0.29, 0.717) is 24.7 Å². The summed E-state index contributed by atoms with van der Waals surface area (Å²) in [5.41, 5.74) is 2.18. The smallest absolute Gasteiger partial charge is 0.249 e. The van der Waals surface area contributed by atoms with Crippen LogP contribution in [0, 0.1) is 5.92 Å². The number of benzene rings is 1. The molecule has 0 bridgehead atoms. The Hall–Kier alpha value is -1.88. The van der Waals surface area contributed by atoms with Crippen LogP contribution in [0.2, 0.25) is 0 Å². The second kappa shape index (κ2) is 5.85. The summed E-state index contributed by atoms with van der Waals surface area (Å²) in [6, 6.07) is 7.77. The van der Waals surface area contributed by atoms with E-state index in [1.54, 1.807) is 0 Å². The normalized spacial score (nSPS) is 28.7. The molecule has 5 nitrogen and oxygen atoms in total. The van der Waals surface area contributed by atoms with Crippen LogP contribution in [0.3, 0.4) is 0 Å². The molecular formula is C16H20N2O3. The van der Waals surface area contributed by atoms with Gasteiger partial charge in [-0.3, -0.25) is 14.9 Å². The quantitative estimate of drug-likeness (QED) is 0.732. The fraction of sp³-hybridized carbons (Fsp3) is 0.500. The number of imide groups is 1. The molecule has 1 aromatic rings. The zero-order valence-corrected chi connectivity index (χ0v) is 11.8. The first-order valence-corrected chi connectivity index (χ1v) is 7.46. The van der Waals surface area contributed by atoms with Crippen LogP contribution >= 0.6 is 0 Å². The number of aliphatic hydroxyl groups excluding tert-OH is 1. The molecule has 0 radical (unpaired) electrons. The number of carbonyl (C=O) groups is 2. The average Bonchev–Trinajstić information content (AvgIpc) is 2.42. The molecule has 0 aromatic heterocycles. The molecule has 1 atom stereocenters. The Morgan fingerprint density at radius 3 is 2.52 bits per heavy atom. The van der Waals surface area contributed by atoms with Crippen molar-refractivity contribution in [1.29, 1.82) is 0 Å². The third-order valence-corrected chi connectivity index (χ3v) is 4.46. The molecule has 21 heavy (non-hydrogen) atoms. The number of aliphatic hydroxyl groups is 1. The Labute approximate surface area is 123 Å². The van der Waals surface area contributed by atoms with Crippen LogP contribution in [0.25, 0.3) is 0 Å². The molecule has 1 saturated heterocycles. The summed E-state index contributed by atoms with van der Waals surface area (Å²) in [7, 11) is 0. The predicted octanol–water partition coefficient (Wildman–Crippen LogP) is 1.39. The Balaban J connectivity index is 1.57. The summed E-state index contributed by atoms with van der Waals surface area (Å²) >= 11 is 0. The Morgan fingerprint density at radius 1 is 1.19 bits per heavy atom. The highest BCUT2D eigenvalue weighted by molar-refractivity contribution is 6.01. The van der Waals surface area contributed by atoms with Crippen molar-refractivity contribution >= 4 is 17.5 Å².